The Morgan fingerprint density at radius 3 is 2.24 bits per heavy atom. The van der Waals surface area contributed by atoms with E-state index in [1.165, 1.54) is 12.3 Å². The molecule has 0 aliphatic carbocycles. The number of carbonyl (C=O) groups is 2. The molecule has 0 spiro atoms. The van der Waals surface area contributed by atoms with E-state index in [0.29, 0.717) is 36.8 Å². The molecule has 1 aromatic heterocycles. The van der Waals surface area contributed by atoms with E-state index in [2.05, 4.69) is 26.1 Å². The standard InChI is InChI=1S/C32H46N2O7/c1-31(2,3)28-17-21-16-27(40-15-13-11-9-8-10-12-14-33-30(38)41-32(4,5)6)26(39-7)18-22(21)24-19-25(35)23(29(36)37)20-34(24)28/h16,18-20,28H,8-15,17H2,1-7H3,(H,33,38)(H,36,37). The number of rotatable bonds is 12. The Kier molecular flexibility index (Phi) is 10.5. The van der Waals surface area contributed by atoms with Gasteiger partial charge in [0.25, 0.3) is 0 Å². The summed E-state index contributed by atoms with van der Waals surface area (Å²) in [6, 6.07) is 5.28. The summed E-state index contributed by atoms with van der Waals surface area (Å²) in [5, 5.41) is 12.3. The topological polar surface area (TPSA) is 116 Å². The normalized spacial score (nSPS) is 14.6. The smallest absolute Gasteiger partial charge is 0.407 e. The minimum absolute atomic E-state index is 0.0377. The van der Waals surface area contributed by atoms with Crippen LogP contribution in [0.5, 0.6) is 11.5 Å². The Morgan fingerprint density at radius 2 is 1.63 bits per heavy atom. The van der Waals surface area contributed by atoms with Crippen molar-refractivity contribution in [1.29, 1.82) is 0 Å². The minimum Gasteiger partial charge on any atom is -0.493 e. The molecule has 0 fully saturated rings. The number of nitrogens with one attached hydrogen (secondary N) is 1. The predicted molar refractivity (Wildman–Crippen MR) is 159 cm³/mol. The molecule has 9 heteroatoms. The molecule has 0 saturated heterocycles. The number of methoxy groups -OCH3 is 1. The number of nitrogens with zero attached hydrogens (tertiary/aromatic N) is 1. The second-order valence-corrected chi connectivity index (χ2v) is 12.8. The van der Waals surface area contributed by atoms with Crippen molar-refractivity contribution < 1.29 is 28.9 Å². The van der Waals surface area contributed by atoms with Gasteiger partial charge < -0.3 is 29.2 Å². The fraction of sp³-hybridized carbons (Fsp3) is 0.594. The Morgan fingerprint density at radius 1 is 0.976 bits per heavy atom. The van der Waals surface area contributed by atoms with Crippen LogP contribution in [0.25, 0.3) is 11.3 Å². The summed E-state index contributed by atoms with van der Waals surface area (Å²) in [7, 11) is 1.59. The molecule has 0 bridgehead atoms. The molecule has 226 valence electrons. The number of aromatic carboxylic acids is 1. The van der Waals surface area contributed by atoms with Crippen molar-refractivity contribution in [3.63, 3.8) is 0 Å². The van der Waals surface area contributed by atoms with Crippen molar-refractivity contribution in [1.82, 2.24) is 9.88 Å². The number of benzene rings is 1. The van der Waals surface area contributed by atoms with Gasteiger partial charge in [-0.2, -0.15) is 0 Å². The van der Waals surface area contributed by atoms with Crippen molar-refractivity contribution >= 4 is 12.1 Å². The maximum atomic E-state index is 12.6. The highest BCUT2D eigenvalue weighted by molar-refractivity contribution is 5.88. The Labute approximate surface area is 243 Å². The molecular weight excluding hydrogens is 524 g/mol. The van der Waals surface area contributed by atoms with Crippen molar-refractivity contribution in [2.24, 2.45) is 5.41 Å². The van der Waals surface area contributed by atoms with Crippen LogP contribution in [0.4, 0.5) is 4.79 Å². The first-order chi connectivity index (χ1) is 19.2. The highest BCUT2D eigenvalue weighted by Crippen LogP contribution is 2.45. The number of fused-ring (bicyclic) bond motifs is 3. The summed E-state index contributed by atoms with van der Waals surface area (Å²) in [6.45, 7) is 13.1. The molecule has 1 atom stereocenters. The number of carboxylic acids is 1. The van der Waals surface area contributed by atoms with Crippen molar-refractivity contribution in [3.05, 3.63) is 45.7 Å². The van der Waals surface area contributed by atoms with Gasteiger partial charge in [-0.15, -0.1) is 0 Å². The summed E-state index contributed by atoms with van der Waals surface area (Å²) in [6.07, 6.45) is 7.89. The zero-order valence-electron chi connectivity index (χ0n) is 25.6. The summed E-state index contributed by atoms with van der Waals surface area (Å²) in [5.41, 5.74) is 1.19. The van der Waals surface area contributed by atoms with Crippen molar-refractivity contribution in [3.8, 4) is 22.8 Å². The lowest BCUT2D eigenvalue weighted by Gasteiger charge is -2.39. The van der Waals surface area contributed by atoms with Gasteiger partial charge >= 0.3 is 12.1 Å². The molecule has 0 saturated carbocycles. The van der Waals surface area contributed by atoms with Crippen LogP contribution in [0.2, 0.25) is 0 Å². The number of alkyl carbamates (subject to hydrolysis) is 1. The maximum absolute atomic E-state index is 12.6. The number of unbranched alkanes of at least 4 members (excludes halogenated alkanes) is 5. The van der Waals surface area contributed by atoms with Crippen LogP contribution < -0.4 is 20.2 Å². The van der Waals surface area contributed by atoms with Crippen LogP contribution in [-0.2, 0) is 11.2 Å². The molecule has 1 amide bonds. The van der Waals surface area contributed by atoms with Gasteiger partial charge in [0.1, 0.15) is 11.2 Å². The molecule has 1 unspecified atom stereocenters. The van der Waals surface area contributed by atoms with Gasteiger partial charge in [-0.1, -0.05) is 46.5 Å². The van der Waals surface area contributed by atoms with Gasteiger partial charge in [-0.3, -0.25) is 4.79 Å². The van der Waals surface area contributed by atoms with Gasteiger partial charge in [-0.25, -0.2) is 9.59 Å². The lowest BCUT2D eigenvalue weighted by molar-refractivity contribution is 0.0526. The number of amides is 1. The second kappa shape index (κ2) is 13.4. The second-order valence-electron chi connectivity index (χ2n) is 12.8. The third kappa shape index (κ3) is 8.75. The fourth-order valence-corrected chi connectivity index (χ4v) is 5.12. The summed E-state index contributed by atoms with van der Waals surface area (Å²) >= 11 is 0. The minimum atomic E-state index is -1.22. The summed E-state index contributed by atoms with van der Waals surface area (Å²) in [4.78, 5) is 36.0. The lowest BCUT2D eigenvalue weighted by Crippen LogP contribution is -2.32. The van der Waals surface area contributed by atoms with Crippen LogP contribution in [0.3, 0.4) is 0 Å². The molecule has 2 N–H and O–H groups in total. The number of aromatic nitrogens is 1. The zero-order valence-corrected chi connectivity index (χ0v) is 25.6. The van der Waals surface area contributed by atoms with Crippen LogP contribution in [-0.4, -0.2) is 47.6 Å². The zero-order chi connectivity index (χ0) is 30.4. The van der Waals surface area contributed by atoms with Gasteiger partial charge in [-0.05, 0) is 63.1 Å². The first-order valence-electron chi connectivity index (χ1n) is 14.5. The van der Waals surface area contributed by atoms with Crippen molar-refractivity contribution in [2.45, 2.75) is 98.1 Å². The van der Waals surface area contributed by atoms with E-state index < -0.39 is 17.0 Å². The number of ether oxygens (including phenoxy) is 3. The van der Waals surface area contributed by atoms with E-state index in [1.807, 2.05) is 37.5 Å². The third-order valence-electron chi connectivity index (χ3n) is 7.22. The van der Waals surface area contributed by atoms with E-state index in [9.17, 15) is 19.5 Å². The molecule has 2 heterocycles. The number of pyridine rings is 1. The molecule has 9 nitrogen and oxygen atoms in total. The van der Waals surface area contributed by atoms with Crippen LogP contribution >= 0.6 is 0 Å². The Bertz CT molecular complexity index is 1280. The maximum Gasteiger partial charge on any atom is 0.407 e. The monoisotopic (exact) mass is 570 g/mol. The Balaban J connectivity index is 1.57. The molecule has 1 aromatic carbocycles. The van der Waals surface area contributed by atoms with Crippen molar-refractivity contribution in [2.75, 3.05) is 20.3 Å². The number of carboxylic acid groups (broad SMARTS) is 1. The predicted octanol–water partition coefficient (Wildman–Crippen LogP) is 6.61. The van der Waals surface area contributed by atoms with E-state index >= 15 is 0 Å². The largest absolute Gasteiger partial charge is 0.493 e. The van der Waals surface area contributed by atoms with Gasteiger partial charge in [0.2, 0.25) is 0 Å². The van der Waals surface area contributed by atoms with E-state index in [4.69, 9.17) is 14.2 Å². The summed E-state index contributed by atoms with van der Waals surface area (Å²) in [5.74, 6) is 0.0297. The molecule has 1 aliphatic heterocycles. The fourth-order valence-electron chi connectivity index (χ4n) is 5.12. The van der Waals surface area contributed by atoms with E-state index in [0.717, 1.165) is 49.7 Å². The number of hydrogen-bond donors (Lipinski definition) is 2. The van der Waals surface area contributed by atoms with Crippen LogP contribution in [0.1, 0.15) is 102 Å². The average Bonchev–Trinajstić information content (AvgIpc) is 2.86. The summed E-state index contributed by atoms with van der Waals surface area (Å²) < 4.78 is 19.0. The number of carbonyl (C=O) groups excluding carboxylic acids is 1. The number of hydrogen-bond acceptors (Lipinski definition) is 6. The lowest BCUT2D eigenvalue weighted by atomic mass is 9.78. The molecule has 2 aromatic rings. The molecule has 3 rings (SSSR count). The highest BCUT2D eigenvalue weighted by Gasteiger charge is 2.34. The highest BCUT2D eigenvalue weighted by atomic mass is 16.6. The SMILES string of the molecule is COc1cc2c(cc1OCCCCCCCCNC(=O)OC(C)(C)C)CC(C(C)(C)C)n1cc(C(=O)O)c(=O)cc1-2. The first kappa shape index (κ1) is 32.0. The van der Waals surface area contributed by atoms with Crippen LogP contribution in [0, 0.1) is 5.41 Å². The first-order valence-corrected chi connectivity index (χ1v) is 14.5. The van der Waals surface area contributed by atoms with Crippen LogP contribution in [0.15, 0.2) is 29.2 Å². The average molecular weight is 571 g/mol. The van der Waals surface area contributed by atoms with E-state index in [-0.39, 0.29) is 23.1 Å². The van der Waals surface area contributed by atoms with Gasteiger partial charge in [0, 0.05) is 30.4 Å². The molecule has 1 aliphatic rings. The molecule has 41 heavy (non-hydrogen) atoms. The third-order valence-corrected chi connectivity index (χ3v) is 7.22. The van der Waals surface area contributed by atoms with Gasteiger partial charge in [0.05, 0.1) is 19.4 Å². The molecule has 0 radical (unpaired) electrons. The van der Waals surface area contributed by atoms with E-state index in [1.54, 1.807) is 7.11 Å². The Hall–Kier alpha value is -3.49. The molecular formula is C32H46N2O7. The quantitative estimate of drug-likeness (QED) is 0.276. The van der Waals surface area contributed by atoms with Gasteiger partial charge in [0.15, 0.2) is 16.9 Å².